The summed E-state index contributed by atoms with van der Waals surface area (Å²) in [6.07, 6.45) is 8.45. The average molecular weight is 515 g/mol. The Hall–Kier alpha value is -0.860. The van der Waals surface area contributed by atoms with Gasteiger partial charge in [0.1, 0.15) is 0 Å². The Labute approximate surface area is 193 Å². The number of hydrogen-bond donors (Lipinski definition) is 2. The first kappa shape index (κ1) is 24.4. The Kier molecular flexibility index (Phi) is 11.3. The van der Waals surface area contributed by atoms with Crippen LogP contribution in [0.1, 0.15) is 68.7 Å². The van der Waals surface area contributed by atoms with Gasteiger partial charge in [0.2, 0.25) is 0 Å². The van der Waals surface area contributed by atoms with Gasteiger partial charge in [0.05, 0.1) is 12.1 Å². The van der Waals surface area contributed by atoms with Crippen molar-refractivity contribution in [3.05, 3.63) is 34.9 Å². The third-order valence-corrected chi connectivity index (χ3v) is 5.66. The molecular weight excluding hydrogens is 477 g/mol. The molecule has 1 saturated heterocycles. The zero-order chi connectivity index (χ0) is 19.6. The van der Waals surface area contributed by atoms with Crippen LogP contribution in [0.4, 0.5) is 0 Å². The molecule has 0 radical (unpaired) electrons. The van der Waals surface area contributed by atoms with Crippen molar-refractivity contribution in [1.29, 1.82) is 0 Å². The van der Waals surface area contributed by atoms with Crippen LogP contribution >= 0.6 is 24.0 Å². The monoisotopic (exact) mass is 515 g/mol. The second-order valence-electron chi connectivity index (χ2n) is 7.90. The second-order valence-corrected chi connectivity index (χ2v) is 7.90. The first-order chi connectivity index (χ1) is 13.8. The minimum absolute atomic E-state index is 0. The fourth-order valence-electron chi connectivity index (χ4n) is 3.98. The highest BCUT2D eigenvalue weighted by molar-refractivity contribution is 14.0. The van der Waals surface area contributed by atoms with Gasteiger partial charge in [-0.3, -0.25) is 4.99 Å². The summed E-state index contributed by atoms with van der Waals surface area (Å²) in [6.45, 7) is 8.39. The highest BCUT2D eigenvalue weighted by atomic mass is 127. The Bertz CT molecular complexity index is 633. The summed E-state index contributed by atoms with van der Waals surface area (Å²) in [7, 11) is 0. The van der Waals surface area contributed by atoms with Crippen molar-refractivity contribution in [3.63, 3.8) is 0 Å². The Morgan fingerprint density at radius 2 is 1.97 bits per heavy atom. The van der Waals surface area contributed by atoms with Crippen LogP contribution in [0.3, 0.4) is 0 Å². The maximum absolute atomic E-state index is 5.94. The molecule has 1 atom stereocenters. The van der Waals surface area contributed by atoms with Gasteiger partial charge in [-0.1, -0.05) is 18.2 Å². The molecule has 29 heavy (non-hydrogen) atoms. The smallest absolute Gasteiger partial charge is 0.191 e. The molecule has 1 fully saturated rings. The summed E-state index contributed by atoms with van der Waals surface area (Å²) in [4.78, 5) is 4.74. The number of hydrogen-bond acceptors (Lipinski definition) is 3. The van der Waals surface area contributed by atoms with E-state index in [1.807, 2.05) is 0 Å². The molecule has 2 aliphatic rings. The van der Waals surface area contributed by atoms with Gasteiger partial charge in [0, 0.05) is 32.9 Å². The summed E-state index contributed by atoms with van der Waals surface area (Å²) in [5.74, 6) is 0.888. The molecule has 164 valence electrons. The predicted molar refractivity (Wildman–Crippen MR) is 130 cm³/mol. The van der Waals surface area contributed by atoms with Gasteiger partial charge in [-0.25, -0.2) is 0 Å². The van der Waals surface area contributed by atoms with Crippen LogP contribution in [0.5, 0.6) is 0 Å². The predicted octanol–water partition coefficient (Wildman–Crippen LogP) is 4.39. The summed E-state index contributed by atoms with van der Waals surface area (Å²) in [6, 6.07) is 7.22. The van der Waals surface area contributed by atoms with E-state index in [1.165, 1.54) is 42.4 Å². The molecule has 0 aromatic heterocycles. The molecule has 0 spiro atoms. The van der Waals surface area contributed by atoms with Gasteiger partial charge in [-0.05, 0) is 75.5 Å². The molecular formula is C23H38IN3O2. The number of benzene rings is 1. The molecule has 6 heteroatoms. The molecule has 1 aromatic rings. The van der Waals surface area contributed by atoms with E-state index in [1.54, 1.807) is 0 Å². The fourth-order valence-corrected chi connectivity index (χ4v) is 3.98. The van der Waals surface area contributed by atoms with Crippen molar-refractivity contribution in [2.24, 2.45) is 4.99 Å². The van der Waals surface area contributed by atoms with Crippen LogP contribution in [0.15, 0.2) is 23.2 Å². The number of aryl methyl sites for hydroxylation is 2. The zero-order valence-electron chi connectivity index (χ0n) is 18.0. The van der Waals surface area contributed by atoms with Crippen LogP contribution in [0, 0.1) is 0 Å². The first-order valence-electron chi connectivity index (χ1n) is 11.1. The van der Waals surface area contributed by atoms with Crippen molar-refractivity contribution in [3.8, 4) is 0 Å². The number of nitrogens with zero attached hydrogens (tertiary/aromatic N) is 1. The number of guanidine groups is 1. The van der Waals surface area contributed by atoms with Crippen molar-refractivity contribution < 1.29 is 9.47 Å². The summed E-state index contributed by atoms with van der Waals surface area (Å²) < 4.78 is 11.3. The third kappa shape index (κ3) is 8.06. The van der Waals surface area contributed by atoms with E-state index in [9.17, 15) is 0 Å². The molecule has 0 amide bonds. The lowest BCUT2D eigenvalue weighted by atomic mass is 9.89. The summed E-state index contributed by atoms with van der Waals surface area (Å²) >= 11 is 0. The molecule has 0 bridgehead atoms. The first-order valence-corrected chi connectivity index (χ1v) is 11.1. The highest BCUT2D eigenvalue weighted by Crippen LogP contribution is 2.24. The molecule has 1 unspecified atom stereocenters. The molecule has 1 heterocycles. The van der Waals surface area contributed by atoms with Crippen LogP contribution < -0.4 is 10.6 Å². The number of aliphatic imine (C=N–C) groups is 1. The van der Waals surface area contributed by atoms with Crippen LogP contribution in [-0.2, 0) is 22.3 Å². The maximum Gasteiger partial charge on any atom is 0.191 e. The molecule has 1 aromatic carbocycles. The van der Waals surface area contributed by atoms with Gasteiger partial charge in [-0.15, -0.1) is 24.0 Å². The van der Waals surface area contributed by atoms with Crippen molar-refractivity contribution >= 4 is 29.9 Å². The van der Waals surface area contributed by atoms with Gasteiger partial charge < -0.3 is 20.1 Å². The van der Waals surface area contributed by atoms with Crippen molar-refractivity contribution in [1.82, 2.24) is 10.6 Å². The van der Waals surface area contributed by atoms with Gasteiger partial charge in [0.25, 0.3) is 0 Å². The second kappa shape index (κ2) is 13.4. The van der Waals surface area contributed by atoms with Crippen LogP contribution in [0.2, 0.25) is 0 Å². The largest absolute Gasteiger partial charge is 0.381 e. The van der Waals surface area contributed by atoms with E-state index in [0.717, 1.165) is 58.1 Å². The number of fused-ring (bicyclic) bond motifs is 1. The quantitative estimate of drug-likeness (QED) is 0.234. The molecule has 1 aliphatic heterocycles. The van der Waals surface area contributed by atoms with E-state index < -0.39 is 0 Å². The van der Waals surface area contributed by atoms with E-state index in [4.69, 9.17) is 14.5 Å². The molecule has 1 aliphatic carbocycles. The zero-order valence-corrected chi connectivity index (χ0v) is 20.4. The Balaban J connectivity index is 0.00000300. The van der Waals surface area contributed by atoms with Crippen LogP contribution in [-0.4, -0.2) is 45.0 Å². The fraction of sp³-hybridized carbons (Fsp3) is 0.696. The summed E-state index contributed by atoms with van der Waals surface area (Å²) in [5.41, 5.74) is 4.41. The van der Waals surface area contributed by atoms with E-state index in [2.05, 4.69) is 42.7 Å². The van der Waals surface area contributed by atoms with Gasteiger partial charge in [-0.2, -0.15) is 0 Å². The molecule has 0 saturated carbocycles. The lowest BCUT2D eigenvalue weighted by Gasteiger charge is -2.22. The SMILES string of the molecule is CCNC(=NCCCOC1CCOCC1)NC(C)c1ccc2c(c1)CCCC2.I. The van der Waals surface area contributed by atoms with Crippen molar-refractivity contribution in [2.75, 3.05) is 32.9 Å². The van der Waals surface area contributed by atoms with E-state index >= 15 is 0 Å². The molecule has 5 nitrogen and oxygen atoms in total. The number of nitrogens with one attached hydrogen (secondary N) is 2. The van der Waals surface area contributed by atoms with Gasteiger partial charge in [0.15, 0.2) is 5.96 Å². The minimum Gasteiger partial charge on any atom is -0.381 e. The third-order valence-electron chi connectivity index (χ3n) is 5.66. The molecule has 2 N–H and O–H groups in total. The van der Waals surface area contributed by atoms with E-state index in [0.29, 0.717) is 6.10 Å². The van der Waals surface area contributed by atoms with Gasteiger partial charge >= 0.3 is 0 Å². The average Bonchev–Trinajstić information content (AvgIpc) is 2.74. The number of rotatable bonds is 8. The standard InChI is InChI=1S/C23H37N3O2.HI/c1-3-24-23(25-13-6-14-28-22-11-15-27-16-12-22)26-18(2)20-10-9-19-7-4-5-8-21(19)17-20;/h9-10,17-18,22H,3-8,11-16H2,1-2H3,(H2,24,25,26);1H. The maximum atomic E-state index is 5.94. The lowest BCUT2D eigenvalue weighted by Crippen LogP contribution is -2.39. The number of halogens is 1. The Morgan fingerprint density at radius 3 is 2.72 bits per heavy atom. The Morgan fingerprint density at radius 1 is 1.21 bits per heavy atom. The highest BCUT2D eigenvalue weighted by Gasteiger charge is 2.14. The minimum atomic E-state index is 0. The van der Waals surface area contributed by atoms with Crippen molar-refractivity contribution in [2.45, 2.75) is 70.9 Å². The van der Waals surface area contributed by atoms with Crippen LogP contribution in [0.25, 0.3) is 0 Å². The normalized spacial score (nSPS) is 18.5. The summed E-state index contributed by atoms with van der Waals surface area (Å²) in [5, 5.41) is 6.93. The lowest BCUT2D eigenvalue weighted by molar-refractivity contribution is -0.0318. The topological polar surface area (TPSA) is 54.9 Å². The van der Waals surface area contributed by atoms with E-state index in [-0.39, 0.29) is 30.0 Å². The number of ether oxygens (including phenoxy) is 2. The molecule has 3 rings (SSSR count).